The molecule has 1 N–H and O–H groups in total. The summed E-state index contributed by atoms with van der Waals surface area (Å²) in [4.78, 5) is 48.3. The number of methoxy groups -OCH3 is 1. The highest BCUT2D eigenvalue weighted by atomic mass is 16.6. The van der Waals surface area contributed by atoms with Crippen molar-refractivity contribution >= 4 is 35.0 Å². The van der Waals surface area contributed by atoms with E-state index >= 15 is 4.79 Å². The Morgan fingerprint density at radius 2 is 1.70 bits per heavy atom. The molecule has 0 amide bonds. The number of nitrogens with zero attached hydrogens (tertiary/aromatic N) is 1. The number of Topliss-reactive ketones (excluding diaryl/α,β-unsaturated/α-hetero) is 2. The topological polar surface area (TPSA) is 121 Å². The molecule has 2 aromatic carbocycles. The van der Waals surface area contributed by atoms with Crippen molar-refractivity contribution in [3.63, 3.8) is 0 Å². The molecule has 7 atom stereocenters. The average Bonchev–Trinajstić information content (AvgIpc) is 3.52. The molecule has 2 aromatic rings. The summed E-state index contributed by atoms with van der Waals surface area (Å²) in [5.41, 5.74) is 3.08. The van der Waals surface area contributed by atoms with Gasteiger partial charge in [0, 0.05) is 52.0 Å². The number of benzene rings is 2. The van der Waals surface area contributed by atoms with Crippen LogP contribution in [0.3, 0.4) is 0 Å². The van der Waals surface area contributed by atoms with Gasteiger partial charge in [0.25, 0.3) is 0 Å². The van der Waals surface area contributed by atoms with Crippen molar-refractivity contribution in [2.75, 3.05) is 7.11 Å². The predicted molar refractivity (Wildman–Crippen MR) is 217 cm³/mol. The van der Waals surface area contributed by atoms with Gasteiger partial charge in [-0.1, -0.05) is 53.6 Å². The molecule has 1 spiro atoms. The maximum absolute atomic E-state index is 15.5. The van der Waals surface area contributed by atoms with Crippen LogP contribution in [0.5, 0.6) is 17.2 Å². The molecule has 7 unspecified atom stereocenters. The second kappa shape index (κ2) is 12.5. The number of ketones is 2. The number of ether oxygens (including phenoxy) is 4. The smallest absolute Gasteiger partial charge is 0.333 e. The number of carbonyl (C=O) groups is 3. The second-order valence-electron chi connectivity index (χ2n) is 18.2. The van der Waals surface area contributed by atoms with Crippen LogP contribution in [0.1, 0.15) is 114 Å². The number of esters is 1. The zero-order valence-corrected chi connectivity index (χ0v) is 34.3. The maximum atomic E-state index is 15.5. The molecule has 4 aliphatic carbocycles. The number of phenolic OH excluding ortho intramolecular Hbond substituents is 1. The number of rotatable bonds is 8. The summed E-state index contributed by atoms with van der Waals surface area (Å²) in [7, 11) is 1.33. The van der Waals surface area contributed by atoms with Gasteiger partial charge >= 0.3 is 5.97 Å². The quantitative estimate of drug-likeness (QED) is 0.161. The fraction of sp³-hybridized carbons (Fsp3) is 0.458. The van der Waals surface area contributed by atoms with Gasteiger partial charge in [-0.25, -0.2) is 4.79 Å². The van der Waals surface area contributed by atoms with Crippen LogP contribution in [0.2, 0.25) is 0 Å². The molecule has 0 radical (unpaired) electrons. The molecular formula is C48H51NO8. The van der Waals surface area contributed by atoms with Gasteiger partial charge in [0.1, 0.15) is 22.8 Å². The number of allylic oxidation sites excluding steroid dienone is 4. The van der Waals surface area contributed by atoms with E-state index in [1.165, 1.54) is 12.7 Å². The number of aliphatic imine (C=N–C) groups is 1. The molecule has 1 saturated heterocycles. The van der Waals surface area contributed by atoms with Crippen LogP contribution in [0.4, 0.5) is 0 Å². The normalized spacial score (nSPS) is 31.6. The van der Waals surface area contributed by atoms with Gasteiger partial charge in [0.2, 0.25) is 0 Å². The molecule has 4 bridgehead atoms. The first-order valence-electron chi connectivity index (χ1n) is 20.2. The van der Waals surface area contributed by atoms with E-state index in [0.717, 1.165) is 28.7 Å². The lowest BCUT2D eigenvalue weighted by Crippen LogP contribution is -2.75. The summed E-state index contributed by atoms with van der Waals surface area (Å²) in [5.74, 6) is -1.98. The number of aromatic hydroxyl groups is 1. The van der Waals surface area contributed by atoms with Crippen molar-refractivity contribution in [3.8, 4) is 17.2 Å². The van der Waals surface area contributed by atoms with Crippen molar-refractivity contribution in [2.45, 2.75) is 110 Å². The first kappa shape index (κ1) is 37.6. The Labute approximate surface area is 334 Å². The van der Waals surface area contributed by atoms with E-state index in [9.17, 15) is 14.7 Å². The van der Waals surface area contributed by atoms with Crippen LogP contribution in [0.15, 0.2) is 75.9 Å². The van der Waals surface area contributed by atoms with Crippen LogP contribution in [-0.4, -0.2) is 57.9 Å². The van der Waals surface area contributed by atoms with Crippen molar-refractivity contribution in [2.24, 2.45) is 28.7 Å². The fourth-order valence-electron chi connectivity index (χ4n) is 11.2. The Kier molecular flexibility index (Phi) is 8.23. The van der Waals surface area contributed by atoms with Crippen LogP contribution in [0.25, 0.3) is 11.8 Å². The van der Waals surface area contributed by atoms with Gasteiger partial charge < -0.3 is 24.1 Å². The molecule has 8 aliphatic rings. The third kappa shape index (κ3) is 4.96. The number of carbonyl (C=O) groups excluding carboxylic acids is 3. The van der Waals surface area contributed by atoms with Gasteiger partial charge in [-0.2, -0.15) is 0 Å². The average molecular weight is 770 g/mol. The molecule has 4 aliphatic heterocycles. The molecule has 57 heavy (non-hydrogen) atoms. The van der Waals surface area contributed by atoms with E-state index in [1.54, 1.807) is 13.0 Å². The Hall–Kier alpha value is -5.02. The lowest BCUT2D eigenvalue weighted by atomic mass is 9.43. The molecule has 9 heteroatoms. The Bertz CT molecular complexity index is 2400. The zero-order valence-electron chi connectivity index (χ0n) is 34.3. The Morgan fingerprint density at radius 3 is 2.40 bits per heavy atom. The van der Waals surface area contributed by atoms with E-state index in [-0.39, 0.29) is 29.7 Å². The highest BCUT2D eigenvalue weighted by molar-refractivity contribution is 6.31. The molecule has 3 saturated carbocycles. The van der Waals surface area contributed by atoms with E-state index in [0.29, 0.717) is 64.4 Å². The van der Waals surface area contributed by atoms with Crippen LogP contribution in [0, 0.1) is 23.7 Å². The number of hydrogen-bond donors (Lipinski definition) is 1. The second-order valence-corrected chi connectivity index (χ2v) is 18.2. The predicted octanol–water partition coefficient (Wildman–Crippen LogP) is 8.86. The molecule has 4 fully saturated rings. The lowest BCUT2D eigenvalue weighted by molar-refractivity contribution is -0.183. The van der Waals surface area contributed by atoms with E-state index in [1.807, 2.05) is 64.1 Å². The van der Waals surface area contributed by atoms with Crippen LogP contribution < -0.4 is 9.47 Å². The highest BCUT2D eigenvalue weighted by Crippen LogP contribution is 2.74. The zero-order chi connectivity index (χ0) is 40.6. The number of hydrogen-bond acceptors (Lipinski definition) is 9. The minimum Gasteiger partial charge on any atom is -0.506 e. The molecule has 4 heterocycles. The third-order valence-corrected chi connectivity index (χ3v) is 13.7. The van der Waals surface area contributed by atoms with Gasteiger partial charge in [-0.05, 0) is 93.2 Å². The monoisotopic (exact) mass is 769 g/mol. The summed E-state index contributed by atoms with van der Waals surface area (Å²) in [6.45, 7) is 16.0. The van der Waals surface area contributed by atoms with Crippen LogP contribution in [-0.2, 0) is 25.5 Å². The van der Waals surface area contributed by atoms with Crippen molar-refractivity contribution in [1.82, 2.24) is 0 Å². The van der Waals surface area contributed by atoms with Gasteiger partial charge in [-0.3, -0.25) is 14.6 Å². The number of fused-ring (bicyclic) bond motifs is 6. The van der Waals surface area contributed by atoms with Crippen molar-refractivity contribution in [1.29, 1.82) is 0 Å². The summed E-state index contributed by atoms with van der Waals surface area (Å²) in [6, 6.07) is 7.52. The standard InChI is InChI=1S/C48H51NO8/c1-24(2)13-12-20-46(8)21-19-29-40(51)35-38-36-33(34-37(49-38)27-14-10-11-15-28(27)39(34)50)31-23-32-45(6,7)57-47(43(31)52,22-18-26(5)44(53)54-9)48(32,36)56-42(35)30(41(29)55-46)17-16-25(3)4/h10-11,13-16,18-19,21,31-34,51H,12,17,20,22-23H2,1-9H3. The minimum absolute atomic E-state index is 0.0177. The fourth-order valence-corrected chi connectivity index (χ4v) is 11.2. The summed E-state index contributed by atoms with van der Waals surface area (Å²) in [5, 5.41) is 12.6. The molecule has 296 valence electrons. The third-order valence-electron chi connectivity index (χ3n) is 13.7. The molecular weight excluding hydrogens is 719 g/mol. The van der Waals surface area contributed by atoms with Crippen molar-refractivity contribution in [3.05, 3.63) is 98.7 Å². The SMILES string of the molecule is COC(=O)C(C)=CCC12OC(C)(C)C3CC(C1=O)C1C4=C(N=C5c6ccccc6C(=O)C51)c1c(O)c5c(c(CC=C(C)C)c1OC432)OC(C)(CCC=C(C)C)C=C5. The van der Waals surface area contributed by atoms with Gasteiger partial charge in [0.05, 0.1) is 41.2 Å². The first-order chi connectivity index (χ1) is 27.0. The molecule has 0 aromatic heterocycles. The van der Waals surface area contributed by atoms with Gasteiger partial charge in [-0.15, -0.1) is 0 Å². The van der Waals surface area contributed by atoms with Crippen LogP contribution >= 0.6 is 0 Å². The van der Waals surface area contributed by atoms with Gasteiger partial charge in [0.15, 0.2) is 22.8 Å². The molecule has 10 rings (SSSR count). The minimum atomic E-state index is -1.57. The highest BCUT2D eigenvalue weighted by Gasteiger charge is 2.84. The Morgan fingerprint density at radius 1 is 0.982 bits per heavy atom. The first-order valence-corrected chi connectivity index (χ1v) is 20.2. The Balaban J connectivity index is 1.36. The van der Waals surface area contributed by atoms with E-state index in [4.69, 9.17) is 23.9 Å². The molecule has 9 nitrogen and oxygen atoms in total. The van der Waals surface area contributed by atoms with Crippen molar-refractivity contribution < 1.29 is 38.4 Å². The van der Waals surface area contributed by atoms with E-state index in [2.05, 4.69) is 32.9 Å². The summed E-state index contributed by atoms with van der Waals surface area (Å²) >= 11 is 0. The summed E-state index contributed by atoms with van der Waals surface area (Å²) < 4.78 is 26.9. The largest absolute Gasteiger partial charge is 0.506 e. The summed E-state index contributed by atoms with van der Waals surface area (Å²) in [6.07, 6.45) is 12.5. The number of phenols is 1. The lowest BCUT2D eigenvalue weighted by Gasteiger charge is -2.62. The maximum Gasteiger partial charge on any atom is 0.333 e. The van der Waals surface area contributed by atoms with E-state index < -0.39 is 46.1 Å².